The molecule has 0 bridgehead atoms. The van der Waals surface area contributed by atoms with E-state index in [9.17, 15) is 27.6 Å². The van der Waals surface area contributed by atoms with Crippen LogP contribution in [0.1, 0.15) is 51.1 Å². The Kier molecular flexibility index (Phi) is 8.35. The minimum atomic E-state index is -4.69. The van der Waals surface area contributed by atoms with Crippen LogP contribution in [0.25, 0.3) is 0 Å². The predicted molar refractivity (Wildman–Crippen MR) is 155 cm³/mol. The van der Waals surface area contributed by atoms with Crippen LogP contribution >= 0.6 is 0 Å². The Hall–Kier alpha value is -5.03. The minimum Gasteiger partial charge on any atom is -0.489 e. The summed E-state index contributed by atoms with van der Waals surface area (Å²) in [4.78, 5) is 45.8. The van der Waals surface area contributed by atoms with Crippen molar-refractivity contribution in [3.8, 4) is 11.8 Å². The van der Waals surface area contributed by atoms with E-state index in [2.05, 4.69) is 10.3 Å². The van der Waals surface area contributed by atoms with Crippen LogP contribution < -0.4 is 15.0 Å². The average molecular weight is 637 g/mol. The fraction of sp³-hybridized carbons (Fsp3) is 0.344. The third kappa shape index (κ3) is 6.23. The van der Waals surface area contributed by atoms with E-state index in [0.717, 1.165) is 6.07 Å². The third-order valence-electron chi connectivity index (χ3n) is 8.47. The van der Waals surface area contributed by atoms with Crippen molar-refractivity contribution in [2.75, 3.05) is 31.1 Å². The van der Waals surface area contributed by atoms with Gasteiger partial charge in [0.25, 0.3) is 5.91 Å². The first kappa shape index (κ1) is 31.0. The molecule has 6 rings (SSSR count). The van der Waals surface area contributed by atoms with Gasteiger partial charge in [0.05, 0.1) is 24.0 Å². The monoisotopic (exact) mass is 636 g/mol. The summed E-state index contributed by atoms with van der Waals surface area (Å²) in [6.45, 7) is 2.29. The Labute approximate surface area is 261 Å². The maximum Gasteiger partial charge on any atom is 0.419 e. The number of nitrogens with one attached hydrogen (secondary N) is 1. The zero-order chi connectivity index (χ0) is 32.6. The SMILES string of the molecule is N#Cc1ncc(N2CCN(Cc3ccc(COc4cccc5c4CN([C@H]4CCC(=O)NC4=O)C5=O)cc3F)CC2)cc1C(F)(F)F. The molecule has 4 heterocycles. The molecule has 1 N–H and O–H groups in total. The van der Waals surface area contributed by atoms with Crippen LogP contribution in [0, 0.1) is 17.1 Å². The zero-order valence-corrected chi connectivity index (χ0v) is 24.4. The first-order valence-corrected chi connectivity index (χ1v) is 14.6. The van der Waals surface area contributed by atoms with E-state index in [1.165, 1.54) is 23.2 Å². The molecule has 0 radical (unpaired) electrons. The van der Waals surface area contributed by atoms with Crippen LogP contribution in [-0.4, -0.2) is 64.7 Å². The van der Waals surface area contributed by atoms with E-state index >= 15 is 4.39 Å². The number of carbonyl (C=O) groups excluding carboxylic acids is 3. The van der Waals surface area contributed by atoms with Gasteiger partial charge in [0, 0.05) is 55.8 Å². The third-order valence-corrected chi connectivity index (χ3v) is 8.47. The van der Waals surface area contributed by atoms with Crippen molar-refractivity contribution >= 4 is 23.4 Å². The number of rotatable bonds is 7. The number of anilines is 1. The number of amides is 3. The molecule has 2 fully saturated rings. The van der Waals surface area contributed by atoms with Crippen LogP contribution in [0.2, 0.25) is 0 Å². The summed E-state index contributed by atoms with van der Waals surface area (Å²) in [7, 11) is 0. The van der Waals surface area contributed by atoms with Gasteiger partial charge in [0.2, 0.25) is 11.8 Å². The number of alkyl halides is 3. The van der Waals surface area contributed by atoms with Gasteiger partial charge in [-0.25, -0.2) is 9.37 Å². The molecule has 1 aromatic heterocycles. The van der Waals surface area contributed by atoms with Crippen LogP contribution in [-0.2, 0) is 35.5 Å². The number of aromatic nitrogens is 1. The van der Waals surface area contributed by atoms with Crippen molar-refractivity contribution in [2.24, 2.45) is 0 Å². The van der Waals surface area contributed by atoms with E-state index in [4.69, 9.17) is 10.00 Å². The highest BCUT2D eigenvalue weighted by molar-refractivity contribution is 6.05. The van der Waals surface area contributed by atoms with Crippen molar-refractivity contribution < 1.29 is 36.7 Å². The Morgan fingerprint density at radius 3 is 2.54 bits per heavy atom. The molecule has 2 saturated heterocycles. The molecule has 46 heavy (non-hydrogen) atoms. The first-order chi connectivity index (χ1) is 22.0. The highest BCUT2D eigenvalue weighted by Crippen LogP contribution is 2.35. The maximum atomic E-state index is 15.1. The van der Waals surface area contributed by atoms with Crippen molar-refractivity contribution in [2.45, 2.75) is 44.8 Å². The molecule has 3 aliphatic heterocycles. The highest BCUT2D eigenvalue weighted by Gasteiger charge is 2.40. The molecule has 10 nitrogen and oxygen atoms in total. The van der Waals surface area contributed by atoms with Gasteiger partial charge >= 0.3 is 6.18 Å². The highest BCUT2D eigenvalue weighted by atomic mass is 19.4. The lowest BCUT2D eigenvalue weighted by Gasteiger charge is -2.36. The normalized spacial score (nSPS) is 18.8. The maximum absolute atomic E-state index is 15.1. The molecule has 238 valence electrons. The second-order valence-electron chi connectivity index (χ2n) is 11.4. The van der Waals surface area contributed by atoms with Crippen LogP contribution in [0.15, 0.2) is 48.7 Å². The number of carbonyl (C=O) groups is 3. The van der Waals surface area contributed by atoms with Gasteiger partial charge in [-0.1, -0.05) is 18.2 Å². The lowest BCUT2D eigenvalue weighted by molar-refractivity contribution is -0.138. The molecule has 3 amide bonds. The average Bonchev–Trinajstić information content (AvgIpc) is 3.37. The molecule has 0 aliphatic carbocycles. The number of nitrogens with zero attached hydrogens (tertiary/aromatic N) is 5. The van der Waals surface area contributed by atoms with Crippen LogP contribution in [0.5, 0.6) is 5.75 Å². The van der Waals surface area contributed by atoms with Gasteiger partial charge in [-0.15, -0.1) is 0 Å². The summed E-state index contributed by atoms with van der Waals surface area (Å²) in [5, 5.41) is 11.3. The van der Waals surface area contributed by atoms with Crippen LogP contribution in [0.4, 0.5) is 23.2 Å². The van der Waals surface area contributed by atoms with Gasteiger partial charge in [-0.3, -0.25) is 24.6 Å². The smallest absolute Gasteiger partial charge is 0.419 e. The van der Waals surface area contributed by atoms with Gasteiger partial charge < -0.3 is 14.5 Å². The fourth-order valence-corrected chi connectivity index (χ4v) is 6.00. The fourth-order valence-electron chi connectivity index (χ4n) is 6.00. The molecule has 1 atom stereocenters. The van der Waals surface area contributed by atoms with E-state index in [1.54, 1.807) is 35.2 Å². The van der Waals surface area contributed by atoms with Gasteiger partial charge in [0.15, 0.2) is 5.69 Å². The number of fused-ring (bicyclic) bond motifs is 1. The number of pyridine rings is 1. The second kappa shape index (κ2) is 12.4. The van der Waals surface area contributed by atoms with Gasteiger partial charge in [-0.2, -0.15) is 18.4 Å². The number of benzene rings is 2. The molecule has 0 unspecified atom stereocenters. The lowest BCUT2D eigenvalue weighted by Crippen LogP contribution is -2.52. The predicted octanol–water partition coefficient (Wildman–Crippen LogP) is 3.77. The molecular formula is C32H28F4N6O4. The standard InChI is InChI=1S/C32H28F4N6O4/c33-25-12-19(18-46-28-3-1-2-22-23(28)17-42(31(22)45)27-6-7-29(43)39-30(27)44)4-5-20(25)16-40-8-10-41(11-9-40)21-13-24(32(34,35)36)26(14-37)38-15-21/h1-5,12-13,15,27H,6-11,16-18H2,(H,39,43,44)/t27-/m0/s1. The number of halogens is 4. The van der Waals surface area contributed by atoms with E-state index in [0.29, 0.717) is 60.7 Å². The number of ether oxygens (including phenoxy) is 1. The quantitative estimate of drug-likeness (QED) is 0.308. The van der Waals surface area contributed by atoms with Crippen molar-refractivity contribution in [1.29, 1.82) is 5.26 Å². The van der Waals surface area contributed by atoms with E-state index in [-0.39, 0.29) is 43.5 Å². The summed E-state index contributed by atoms with van der Waals surface area (Å²) >= 11 is 0. The second-order valence-corrected chi connectivity index (χ2v) is 11.4. The summed E-state index contributed by atoms with van der Waals surface area (Å²) in [6, 6.07) is 11.5. The molecule has 14 heteroatoms. The van der Waals surface area contributed by atoms with Gasteiger partial charge in [0.1, 0.15) is 30.3 Å². The number of nitriles is 1. The number of imide groups is 1. The molecule has 3 aliphatic rings. The number of piperazine rings is 1. The zero-order valence-electron chi connectivity index (χ0n) is 24.4. The number of piperidine rings is 1. The molecule has 0 spiro atoms. The first-order valence-electron chi connectivity index (χ1n) is 14.6. The van der Waals surface area contributed by atoms with Crippen molar-refractivity contribution in [3.05, 3.63) is 88.0 Å². The van der Waals surface area contributed by atoms with E-state index in [1.807, 2.05) is 4.90 Å². The van der Waals surface area contributed by atoms with Crippen molar-refractivity contribution in [3.63, 3.8) is 0 Å². The van der Waals surface area contributed by atoms with Crippen LogP contribution in [0.3, 0.4) is 0 Å². The summed E-state index contributed by atoms with van der Waals surface area (Å²) in [6.07, 6.45) is -3.02. The largest absolute Gasteiger partial charge is 0.489 e. The molecular weight excluding hydrogens is 608 g/mol. The molecule has 0 saturated carbocycles. The summed E-state index contributed by atoms with van der Waals surface area (Å²) in [5.74, 6) is -1.15. The Morgan fingerprint density at radius 1 is 1.07 bits per heavy atom. The van der Waals surface area contributed by atoms with E-state index < -0.39 is 35.2 Å². The Balaban J connectivity index is 1.05. The minimum absolute atomic E-state index is 0.0392. The topological polar surface area (TPSA) is 119 Å². The number of hydrogen-bond donors (Lipinski definition) is 1. The molecule has 2 aromatic carbocycles. The van der Waals surface area contributed by atoms with Crippen molar-refractivity contribution in [1.82, 2.24) is 20.1 Å². The Morgan fingerprint density at radius 2 is 1.85 bits per heavy atom. The number of hydrogen-bond acceptors (Lipinski definition) is 8. The Bertz CT molecular complexity index is 1750. The molecule has 3 aromatic rings. The summed E-state index contributed by atoms with van der Waals surface area (Å²) in [5.41, 5.74) is 0.615. The lowest BCUT2D eigenvalue weighted by atomic mass is 10.0. The summed E-state index contributed by atoms with van der Waals surface area (Å²) < 4.78 is 61.2. The van der Waals surface area contributed by atoms with Gasteiger partial charge in [-0.05, 0) is 36.2 Å².